The van der Waals surface area contributed by atoms with Crippen LogP contribution in [-0.2, 0) is 10.0 Å². The summed E-state index contributed by atoms with van der Waals surface area (Å²) in [6.07, 6.45) is -13.2. The summed E-state index contributed by atoms with van der Waals surface area (Å²) in [7, 11) is -4.21. The quantitative estimate of drug-likeness (QED) is 0.685. The Labute approximate surface area is 166 Å². The molecule has 2 N–H and O–H groups in total. The molecule has 162 valence electrons. The van der Waals surface area contributed by atoms with Crippen LogP contribution in [0.2, 0.25) is 0 Å². The summed E-state index contributed by atoms with van der Waals surface area (Å²) in [6, 6.07) is 5.93. The summed E-state index contributed by atoms with van der Waals surface area (Å²) in [5, 5.41) is 4.32. The molecule has 0 bridgehead atoms. The molecule has 2 aromatic rings. The molecule has 1 aliphatic rings. The number of sulfonamides is 1. The van der Waals surface area contributed by atoms with Crippen molar-refractivity contribution >= 4 is 21.2 Å². The lowest BCUT2D eigenvalue weighted by Crippen LogP contribution is -2.48. The van der Waals surface area contributed by atoms with Gasteiger partial charge in [0.25, 0.3) is 10.0 Å². The number of hydrogen-bond donors (Lipinski definition) is 1. The number of rotatable bonds is 3. The summed E-state index contributed by atoms with van der Waals surface area (Å²) in [4.78, 5) is 3.54. The van der Waals surface area contributed by atoms with Crippen molar-refractivity contribution in [2.45, 2.75) is 30.2 Å². The molecule has 0 unspecified atom stereocenters. The zero-order chi connectivity index (χ0) is 22.5. The van der Waals surface area contributed by atoms with E-state index >= 15 is 0 Å². The van der Waals surface area contributed by atoms with Gasteiger partial charge in [-0.1, -0.05) is 18.2 Å². The van der Waals surface area contributed by atoms with Crippen LogP contribution in [0.1, 0.15) is 24.0 Å². The fourth-order valence-corrected chi connectivity index (χ4v) is 3.83. The second-order valence-corrected chi connectivity index (χ2v) is 8.33. The number of alkyl halides is 6. The maximum atomic E-state index is 13.7. The first-order valence-corrected chi connectivity index (χ1v) is 9.81. The Morgan fingerprint density at radius 3 is 1.70 bits per heavy atom. The van der Waals surface area contributed by atoms with Crippen LogP contribution in [0.3, 0.4) is 0 Å². The molecular formula is C18H13F7N2O2S. The average Bonchev–Trinajstić information content (AvgIpc) is 3.04. The smallest absolute Gasteiger partial charge is 0.243 e. The van der Waals surface area contributed by atoms with Gasteiger partial charge in [-0.3, -0.25) is 0 Å². The highest BCUT2D eigenvalue weighted by atomic mass is 32.2. The predicted octanol–water partition coefficient (Wildman–Crippen LogP) is 4.68. The van der Waals surface area contributed by atoms with Gasteiger partial charge >= 0.3 is 12.4 Å². The van der Waals surface area contributed by atoms with Crippen molar-refractivity contribution in [3.05, 3.63) is 59.5 Å². The average molecular weight is 454 g/mol. The van der Waals surface area contributed by atoms with Crippen LogP contribution in [0.15, 0.2) is 47.6 Å². The largest absolute Gasteiger partial charge is 0.403 e. The molecule has 0 radical (unpaired) electrons. The van der Waals surface area contributed by atoms with Gasteiger partial charge in [-0.15, -0.1) is 0 Å². The number of halogens is 7. The van der Waals surface area contributed by atoms with Gasteiger partial charge in [-0.2, -0.15) is 26.3 Å². The molecule has 0 fully saturated rings. The molecule has 1 aliphatic carbocycles. The van der Waals surface area contributed by atoms with Crippen LogP contribution in [0.4, 0.5) is 30.7 Å². The van der Waals surface area contributed by atoms with Crippen molar-refractivity contribution in [3.63, 3.8) is 0 Å². The van der Waals surface area contributed by atoms with Gasteiger partial charge in [0.1, 0.15) is 5.82 Å². The maximum absolute atomic E-state index is 13.7. The minimum Gasteiger partial charge on any atom is -0.243 e. The summed E-state index contributed by atoms with van der Waals surface area (Å²) >= 11 is 0. The van der Waals surface area contributed by atoms with Gasteiger partial charge in [0.05, 0.1) is 0 Å². The summed E-state index contributed by atoms with van der Waals surface area (Å²) in [6.45, 7) is 0. The minimum atomic E-state index is -5.62. The third kappa shape index (κ3) is 3.81. The van der Waals surface area contributed by atoms with E-state index in [1.807, 2.05) is 0 Å². The van der Waals surface area contributed by atoms with Crippen LogP contribution in [-0.4, -0.2) is 25.8 Å². The topological polar surface area (TPSA) is 73.1 Å². The third-order valence-electron chi connectivity index (χ3n) is 4.98. The van der Waals surface area contributed by atoms with E-state index in [1.165, 1.54) is 0 Å². The summed E-state index contributed by atoms with van der Waals surface area (Å²) in [5.74, 6) is -0.712. The third-order valence-corrected chi connectivity index (χ3v) is 5.80. The number of hydrogen-bond acceptors (Lipinski definition) is 3. The Morgan fingerprint density at radius 2 is 1.30 bits per heavy atom. The van der Waals surface area contributed by atoms with Gasteiger partial charge < -0.3 is 0 Å². The van der Waals surface area contributed by atoms with E-state index in [1.54, 1.807) is 0 Å². The van der Waals surface area contributed by atoms with E-state index in [2.05, 4.69) is 4.98 Å². The highest BCUT2D eigenvalue weighted by Crippen LogP contribution is 2.64. The zero-order valence-electron chi connectivity index (χ0n) is 14.9. The number of aromatic nitrogens is 1. The summed E-state index contributed by atoms with van der Waals surface area (Å²) < 4.78 is 118. The normalized spacial score (nSPS) is 17.5. The number of allylic oxidation sites excluding steroid dienone is 2. The molecule has 0 aliphatic heterocycles. The van der Waals surface area contributed by atoms with E-state index in [9.17, 15) is 39.2 Å². The van der Waals surface area contributed by atoms with Gasteiger partial charge in [-0.05, 0) is 53.3 Å². The molecule has 0 amide bonds. The first kappa shape index (κ1) is 22.2. The first-order valence-electron chi connectivity index (χ1n) is 8.26. The number of primary sulfonamides is 1. The molecule has 4 nitrogen and oxygen atoms in total. The molecule has 30 heavy (non-hydrogen) atoms. The Bertz CT molecular complexity index is 1070. The van der Waals surface area contributed by atoms with E-state index in [4.69, 9.17) is 5.14 Å². The predicted molar refractivity (Wildman–Crippen MR) is 92.6 cm³/mol. The molecular weight excluding hydrogens is 441 g/mol. The highest BCUT2D eigenvalue weighted by Gasteiger charge is 2.72. The standard InChI is InChI=1S/C18H13F7N2O2S/c19-12-4-1-10(2-5-12)13-7-16(17(20,21)22,18(23,24)25)8-14(13)11-3-6-15(27-9-11)30(26,28)29/h1-6,9H,7-8H2,(H2,26,28,29). The Balaban J connectivity index is 2.20. The lowest BCUT2D eigenvalue weighted by atomic mass is 9.81. The summed E-state index contributed by atoms with van der Waals surface area (Å²) in [5.41, 5.74) is -4.79. The van der Waals surface area contributed by atoms with E-state index in [0.717, 1.165) is 42.6 Å². The van der Waals surface area contributed by atoms with Crippen molar-refractivity contribution in [2.75, 3.05) is 0 Å². The van der Waals surface area contributed by atoms with Gasteiger partial charge in [0, 0.05) is 6.20 Å². The first-order chi connectivity index (χ1) is 13.7. The fourth-order valence-electron chi connectivity index (χ4n) is 3.37. The second kappa shape index (κ2) is 7.05. The SMILES string of the molecule is NS(=O)(=O)c1ccc(C2=C(c3ccc(F)cc3)CC(C(F)(F)F)(C(F)(F)F)C2)cn1. The molecule has 1 heterocycles. The second-order valence-electron chi connectivity index (χ2n) is 6.83. The molecule has 1 aromatic heterocycles. The van der Waals surface area contributed by atoms with Crippen molar-refractivity contribution in [1.29, 1.82) is 0 Å². The van der Waals surface area contributed by atoms with Crippen molar-refractivity contribution in [1.82, 2.24) is 4.98 Å². The van der Waals surface area contributed by atoms with Crippen LogP contribution < -0.4 is 5.14 Å². The molecule has 1 aromatic carbocycles. The molecule has 0 atom stereocenters. The van der Waals surface area contributed by atoms with Gasteiger partial charge in [-0.25, -0.2) is 22.9 Å². The van der Waals surface area contributed by atoms with Gasteiger partial charge in [0.15, 0.2) is 10.4 Å². The number of nitrogens with zero attached hydrogens (tertiary/aromatic N) is 1. The van der Waals surface area contributed by atoms with Gasteiger partial charge in [0.2, 0.25) is 0 Å². The van der Waals surface area contributed by atoms with Crippen molar-refractivity contribution in [2.24, 2.45) is 10.6 Å². The molecule has 12 heteroatoms. The molecule has 0 saturated carbocycles. The Kier molecular flexibility index (Phi) is 5.22. The lowest BCUT2D eigenvalue weighted by Gasteiger charge is -2.34. The lowest BCUT2D eigenvalue weighted by molar-refractivity contribution is -0.335. The minimum absolute atomic E-state index is 0.0164. The van der Waals surface area contributed by atoms with Crippen LogP contribution in [0, 0.1) is 11.2 Å². The maximum Gasteiger partial charge on any atom is 0.403 e. The number of nitrogens with two attached hydrogens (primary N) is 1. The van der Waals surface area contributed by atoms with E-state index in [-0.39, 0.29) is 22.3 Å². The van der Waals surface area contributed by atoms with Crippen molar-refractivity contribution in [3.8, 4) is 0 Å². The highest BCUT2D eigenvalue weighted by molar-refractivity contribution is 7.89. The van der Waals surface area contributed by atoms with E-state index in [0.29, 0.717) is 0 Å². The Morgan fingerprint density at radius 1 is 0.833 bits per heavy atom. The monoisotopic (exact) mass is 454 g/mol. The number of pyridine rings is 1. The molecule has 0 saturated heterocycles. The van der Waals surface area contributed by atoms with E-state index < -0.39 is 51.5 Å². The van der Waals surface area contributed by atoms with Crippen LogP contribution in [0.5, 0.6) is 0 Å². The number of benzene rings is 1. The fraction of sp³-hybridized carbons (Fsp3) is 0.278. The Hall–Kier alpha value is -2.47. The van der Waals surface area contributed by atoms with Crippen molar-refractivity contribution < 1.29 is 39.2 Å². The van der Waals surface area contributed by atoms with Crippen LogP contribution in [0.25, 0.3) is 11.1 Å². The molecule has 3 rings (SSSR count). The molecule has 0 spiro atoms. The zero-order valence-corrected chi connectivity index (χ0v) is 15.7. The van der Waals surface area contributed by atoms with Crippen LogP contribution >= 0.6 is 0 Å².